The Kier molecular flexibility index (Phi) is 4.67. The van der Waals surface area contributed by atoms with E-state index in [9.17, 15) is 4.79 Å². The molecule has 2 N–H and O–H groups in total. The van der Waals surface area contributed by atoms with E-state index in [0.29, 0.717) is 6.42 Å². The Morgan fingerprint density at radius 3 is 2.93 bits per heavy atom. The lowest BCUT2D eigenvalue weighted by atomic mass is 10.1. The Bertz CT molecular complexity index is 1000. The summed E-state index contributed by atoms with van der Waals surface area (Å²) < 4.78 is 5.55. The second-order valence-corrected chi connectivity index (χ2v) is 6.77. The van der Waals surface area contributed by atoms with Gasteiger partial charge in [0.1, 0.15) is 11.6 Å². The van der Waals surface area contributed by atoms with Crippen LogP contribution in [0.4, 0.5) is 11.5 Å². The molecule has 1 unspecified atom stereocenters. The Morgan fingerprint density at radius 2 is 2.11 bits per heavy atom. The van der Waals surface area contributed by atoms with Crippen molar-refractivity contribution in [2.75, 3.05) is 17.7 Å². The average molecular weight is 361 g/mol. The van der Waals surface area contributed by atoms with Gasteiger partial charge >= 0.3 is 0 Å². The fourth-order valence-electron chi connectivity index (χ4n) is 3.68. The number of methoxy groups -OCH3 is 1. The van der Waals surface area contributed by atoms with Crippen molar-refractivity contribution in [2.45, 2.75) is 32.2 Å². The molecule has 3 aromatic rings. The summed E-state index contributed by atoms with van der Waals surface area (Å²) in [6.45, 7) is 1.84. The van der Waals surface area contributed by atoms with E-state index in [-0.39, 0.29) is 11.9 Å². The third kappa shape index (κ3) is 3.45. The molecule has 0 fully saturated rings. The highest BCUT2D eigenvalue weighted by Gasteiger charge is 2.26. The maximum atomic E-state index is 11.6. The molecule has 2 aromatic carbocycles. The minimum Gasteiger partial charge on any atom is -0.496 e. The molecule has 1 aromatic heterocycles. The number of anilines is 2. The molecule has 1 atom stereocenters. The van der Waals surface area contributed by atoms with Gasteiger partial charge in [-0.25, -0.2) is 4.98 Å². The summed E-state index contributed by atoms with van der Waals surface area (Å²) in [7, 11) is 1.72. The highest BCUT2D eigenvalue weighted by Crippen LogP contribution is 2.39. The van der Waals surface area contributed by atoms with Gasteiger partial charge in [-0.15, -0.1) is 0 Å². The van der Waals surface area contributed by atoms with E-state index in [1.165, 1.54) is 11.1 Å². The van der Waals surface area contributed by atoms with Crippen molar-refractivity contribution in [3.05, 3.63) is 59.7 Å². The molecule has 4 rings (SSSR count). The molecular formula is C22H23N3O2. The molecule has 1 aliphatic rings. The summed E-state index contributed by atoms with van der Waals surface area (Å²) in [4.78, 5) is 16.3. The molecular weight excluding hydrogens is 338 g/mol. The van der Waals surface area contributed by atoms with E-state index in [4.69, 9.17) is 9.72 Å². The number of hydrogen-bond acceptors (Lipinski definition) is 4. The summed E-state index contributed by atoms with van der Waals surface area (Å²) in [5.41, 5.74) is 4.27. The summed E-state index contributed by atoms with van der Waals surface area (Å²) >= 11 is 0. The first-order valence-corrected chi connectivity index (χ1v) is 9.31. The molecule has 0 saturated heterocycles. The quantitative estimate of drug-likeness (QED) is 0.692. The van der Waals surface area contributed by atoms with Crippen molar-refractivity contribution in [1.82, 2.24) is 4.98 Å². The highest BCUT2D eigenvalue weighted by atomic mass is 16.5. The number of rotatable bonds is 5. The Balaban J connectivity index is 1.58. The zero-order valence-electron chi connectivity index (χ0n) is 15.6. The van der Waals surface area contributed by atoms with Gasteiger partial charge in [-0.2, -0.15) is 0 Å². The van der Waals surface area contributed by atoms with Gasteiger partial charge in [-0.3, -0.25) is 4.79 Å². The van der Waals surface area contributed by atoms with Crippen molar-refractivity contribution < 1.29 is 9.53 Å². The minimum atomic E-state index is 0.00874. The first-order chi connectivity index (χ1) is 13.2. The number of fused-ring (bicyclic) bond motifs is 2. The van der Waals surface area contributed by atoms with Gasteiger partial charge in [0.2, 0.25) is 5.91 Å². The smallest absolute Gasteiger partial charge is 0.224 e. The maximum Gasteiger partial charge on any atom is 0.224 e. The third-order valence-corrected chi connectivity index (χ3v) is 5.04. The number of nitrogens with one attached hydrogen (secondary N) is 2. The van der Waals surface area contributed by atoms with Gasteiger partial charge in [0.25, 0.3) is 0 Å². The van der Waals surface area contributed by atoms with Gasteiger partial charge < -0.3 is 15.4 Å². The van der Waals surface area contributed by atoms with Crippen molar-refractivity contribution in [1.29, 1.82) is 0 Å². The van der Waals surface area contributed by atoms with Crippen LogP contribution in [0.3, 0.4) is 0 Å². The number of aryl methyl sites for hydroxylation is 1. The largest absolute Gasteiger partial charge is 0.496 e. The lowest BCUT2D eigenvalue weighted by molar-refractivity contribution is -0.115. The molecule has 1 amide bonds. The van der Waals surface area contributed by atoms with Crippen LogP contribution in [0.5, 0.6) is 5.75 Å². The number of carbonyl (C=O) groups excluding carboxylic acids is 1. The fraction of sp³-hybridized carbons (Fsp3) is 0.273. The van der Waals surface area contributed by atoms with Gasteiger partial charge in [-0.05, 0) is 54.8 Å². The fourth-order valence-corrected chi connectivity index (χ4v) is 3.68. The van der Waals surface area contributed by atoms with Crippen LogP contribution in [0.15, 0.2) is 48.5 Å². The van der Waals surface area contributed by atoms with Crippen LogP contribution >= 0.6 is 0 Å². The van der Waals surface area contributed by atoms with E-state index in [1.54, 1.807) is 7.11 Å². The SMILES string of the molecule is CCC(=O)Nc1ccc2nc(NC3CCc4cccc(OC)c43)ccc2c1. The second-order valence-electron chi connectivity index (χ2n) is 6.77. The number of amides is 1. The normalized spacial score (nSPS) is 15.4. The summed E-state index contributed by atoms with van der Waals surface area (Å²) in [5.74, 6) is 1.78. The van der Waals surface area contributed by atoms with E-state index in [1.807, 2.05) is 49.4 Å². The number of hydrogen-bond donors (Lipinski definition) is 2. The molecule has 5 heteroatoms. The van der Waals surface area contributed by atoms with Crippen LogP contribution in [0.2, 0.25) is 0 Å². The van der Waals surface area contributed by atoms with E-state index in [0.717, 1.165) is 41.0 Å². The lowest BCUT2D eigenvalue weighted by Gasteiger charge is -2.18. The molecule has 0 saturated carbocycles. The van der Waals surface area contributed by atoms with Gasteiger partial charge in [-0.1, -0.05) is 19.1 Å². The van der Waals surface area contributed by atoms with Crippen LogP contribution in [0.25, 0.3) is 10.9 Å². The number of aromatic nitrogens is 1. The monoisotopic (exact) mass is 361 g/mol. The van der Waals surface area contributed by atoms with Crippen molar-refractivity contribution >= 4 is 28.3 Å². The lowest BCUT2D eigenvalue weighted by Crippen LogP contribution is -2.10. The zero-order chi connectivity index (χ0) is 18.8. The first-order valence-electron chi connectivity index (χ1n) is 9.31. The number of pyridine rings is 1. The predicted octanol–water partition coefficient (Wildman–Crippen LogP) is 4.69. The Labute approximate surface area is 158 Å². The van der Waals surface area contributed by atoms with Crippen LogP contribution < -0.4 is 15.4 Å². The molecule has 0 bridgehead atoms. The molecule has 5 nitrogen and oxygen atoms in total. The molecule has 138 valence electrons. The Hall–Kier alpha value is -3.08. The molecule has 0 spiro atoms. The second kappa shape index (κ2) is 7.27. The average Bonchev–Trinajstić information content (AvgIpc) is 3.11. The van der Waals surface area contributed by atoms with E-state index < -0.39 is 0 Å². The summed E-state index contributed by atoms with van der Waals surface area (Å²) in [5, 5.41) is 7.44. The number of nitrogens with zero attached hydrogens (tertiary/aromatic N) is 1. The van der Waals surface area contributed by atoms with Gasteiger partial charge in [0.05, 0.1) is 18.7 Å². The van der Waals surface area contributed by atoms with Crippen molar-refractivity contribution in [3.8, 4) is 5.75 Å². The molecule has 0 aliphatic heterocycles. The molecule has 27 heavy (non-hydrogen) atoms. The highest BCUT2D eigenvalue weighted by molar-refractivity contribution is 5.93. The maximum absolute atomic E-state index is 11.6. The van der Waals surface area contributed by atoms with Crippen LogP contribution in [-0.2, 0) is 11.2 Å². The van der Waals surface area contributed by atoms with E-state index in [2.05, 4.69) is 16.7 Å². The minimum absolute atomic E-state index is 0.00874. The molecule has 1 aliphatic carbocycles. The van der Waals surface area contributed by atoms with Crippen LogP contribution in [-0.4, -0.2) is 18.0 Å². The zero-order valence-corrected chi connectivity index (χ0v) is 15.6. The van der Waals surface area contributed by atoms with Crippen molar-refractivity contribution in [2.24, 2.45) is 0 Å². The first kappa shape index (κ1) is 17.3. The molecule has 1 heterocycles. The van der Waals surface area contributed by atoms with Gasteiger partial charge in [0, 0.05) is 23.1 Å². The third-order valence-electron chi connectivity index (χ3n) is 5.04. The topological polar surface area (TPSA) is 63.2 Å². The van der Waals surface area contributed by atoms with Crippen LogP contribution in [0, 0.1) is 0 Å². The number of ether oxygens (including phenoxy) is 1. The van der Waals surface area contributed by atoms with Crippen LogP contribution in [0.1, 0.15) is 36.9 Å². The summed E-state index contributed by atoms with van der Waals surface area (Å²) in [6.07, 6.45) is 2.53. The van der Waals surface area contributed by atoms with E-state index >= 15 is 0 Å². The van der Waals surface area contributed by atoms with Gasteiger partial charge in [0.15, 0.2) is 0 Å². The van der Waals surface area contributed by atoms with Crippen molar-refractivity contribution in [3.63, 3.8) is 0 Å². The summed E-state index contributed by atoms with van der Waals surface area (Å²) in [6, 6.07) is 16.2. The predicted molar refractivity (Wildman–Crippen MR) is 108 cm³/mol. The Morgan fingerprint density at radius 1 is 1.22 bits per heavy atom. The molecule has 0 radical (unpaired) electrons. The standard InChI is InChI=1S/C22H23N3O2/c1-3-21(26)23-16-9-11-17-15(13-16)8-12-20(24-17)25-18-10-7-14-5-4-6-19(27-2)22(14)18/h4-6,8-9,11-13,18H,3,7,10H2,1-2H3,(H,23,26)(H,24,25). The number of carbonyl (C=O) groups is 1. The number of benzene rings is 2.